The molecule has 0 fully saturated rings. The summed E-state index contributed by atoms with van der Waals surface area (Å²) in [5, 5.41) is 0. The summed E-state index contributed by atoms with van der Waals surface area (Å²) < 4.78 is 0. The first kappa shape index (κ1) is 14.5. The van der Waals surface area contributed by atoms with Gasteiger partial charge in [-0.05, 0) is 0 Å². The van der Waals surface area contributed by atoms with Crippen LogP contribution in [-0.4, -0.2) is 8.07 Å². The van der Waals surface area contributed by atoms with E-state index in [2.05, 4.69) is 32.6 Å². The van der Waals surface area contributed by atoms with E-state index in [0.29, 0.717) is 0 Å². The van der Waals surface area contributed by atoms with Crippen LogP contribution in [0.15, 0.2) is 16.7 Å². The Balaban J connectivity index is 0.00000128. The average Bonchev–Trinajstić information content (AvgIpc) is 2.41. The van der Waals surface area contributed by atoms with Crippen molar-refractivity contribution in [3.05, 3.63) is 22.8 Å². The minimum absolute atomic E-state index is 0. The summed E-state index contributed by atoms with van der Waals surface area (Å²) in [6.07, 6.45) is 9.10. The van der Waals surface area contributed by atoms with Gasteiger partial charge in [0.25, 0.3) is 0 Å². The van der Waals surface area contributed by atoms with Crippen LogP contribution < -0.4 is 0 Å². The SMILES string of the molecule is CC1=[C-]C2=C(CCCC2)C1C[Si](C)(C)C.[Ti]. The summed E-state index contributed by atoms with van der Waals surface area (Å²) in [7, 11) is -0.935. The quantitative estimate of drug-likeness (QED) is 0.508. The Bertz CT molecular complexity index is 320. The molecule has 0 aromatic rings. The topological polar surface area (TPSA) is 0 Å². The molecule has 0 saturated heterocycles. The molecule has 0 aromatic heterocycles. The Hall–Kier alpha value is 0.411. The van der Waals surface area contributed by atoms with Crippen LogP contribution >= 0.6 is 0 Å². The third kappa shape index (κ3) is 3.21. The maximum absolute atomic E-state index is 3.65. The summed E-state index contributed by atoms with van der Waals surface area (Å²) >= 11 is 0. The van der Waals surface area contributed by atoms with Crippen LogP contribution in [-0.2, 0) is 21.7 Å². The van der Waals surface area contributed by atoms with Crippen LogP contribution in [0.3, 0.4) is 0 Å². The maximum Gasteiger partial charge on any atom is 0.0436 e. The van der Waals surface area contributed by atoms with Crippen molar-refractivity contribution in [3.63, 3.8) is 0 Å². The van der Waals surface area contributed by atoms with Crippen LogP contribution in [0.1, 0.15) is 32.6 Å². The van der Waals surface area contributed by atoms with Crippen molar-refractivity contribution in [2.45, 2.75) is 58.3 Å². The Labute approximate surface area is 116 Å². The fraction of sp³-hybridized carbons (Fsp3) is 0.714. The van der Waals surface area contributed by atoms with E-state index >= 15 is 0 Å². The number of rotatable bonds is 2. The molecule has 0 radical (unpaired) electrons. The van der Waals surface area contributed by atoms with Crippen molar-refractivity contribution in [2.75, 3.05) is 0 Å². The molecule has 0 saturated carbocycles. The molecule has 2 rings (SSSR count). The third-order valence-electron chi connectivity index (χ3n) is 3.62. The molecule has 2 aliphatic rings. The van der Waals surface area contributed by atoms with Gasteiger partial charge in [-0.25, -0.2) is 17.2 Å². The largest absolute Gasteiger partial charge is 0.249 e. The standard InChI is InChI=1S/C14H23Si.Ti/c1-11-9-12-7-5-6-8-13(12)14(11)10-15(2,3)4;/h14H,5-8,10H2,1-4H3;/q-1;. The van der Waals surface area contributed by atoms with Gasteiger partial charge in [0.15, 0.2) is 0 Å². The van der Waals surface area contributed by atoms with Crippen molar-refractivity contribution in [3.8, 4) is 0 Å². The second-order valence-electron chi connectivity index (χ2n) is 6.34. The number of hydrogen-bond acceptors (Lipinski definition) is 0. The molecule has 1 atom stereocenters. The fourth-order valence-corrected chi connectivity index (χ4v) is 4.71. The molecule has 0 amide bonds. The molecular formula is C14H23SiTi-. The first-order valence-electron chi connectivity index (χ1n) is 6.30. The van der Waals surface area contributed by atoms with E-state index in [-0.39, 0.29) is 21.7 Å². The van der Waals surface area contributed by atoms with Gasteiger partial charge < -0.3 is 0 Å². The Morgan fingerprint density at radius 3 is 2.44 bits per heavy atom. The van der Waals surface area contributed by atoms with Crippen molar-refractivity contribution in [2.24, 2.45) is 5.92 Å². The van der Waals surface area contributed by atoms with Crippen LogP contribution in [0.25, 0.3) is 0 Å². The molecule has 88 valence electrons. The van der Waals surface area contributed by atoms with E-state index in [4.69, 9.17) is 0 Å². The number of hydrogen-bond donors (Lipinski definition) is 0. The maximum atomic E-state index is 3.65. The van der Waals surface area contributed by atoms with Crippen LogP contribution in [0.4, 0.5) is 0 Å². The van der Waals surface area contributed by atoms with Gasteiger partial charge in [0.05, 0.1) is 0 Å². The normalized spacial score (nSPS) is 25.0. The van der Waals surface area contributed by atoms with Gasteiger partial charge in [0, 0.05) is 29.8 Å². The van der Waals surface area contributed by atoms with Gasteiger partial charge in [-0.15, -0.1) is 0 Å². The molecule has 0 aliphatic heterocycles. The Kier molecular flexibility index (Phi) is 4.86. The van der Waals surface area contributed by atoms with Gasteiger partial charge in [-0.2, -0.15) is 5.57 Å². The van der Waals surface area contributed by atoms with Crippen molar-refractivity contribution in [1.82, 2.24) is 0 Å². The fourth-order valence-electron chi connectivity index (χ4n) is 2.93. The minimum Gasteiger partial charge on any atom is -0.249 e. The molecule has 2 heteroatoms. The van der Waals surface area contributed by atoms with E-state index < -0.39 is 8.07 Å². The van der Waals surface area contributed by atoms with Crippen molar-refractivity contribution in [1.29, 1.82) is 0 Å². The molecular weight excluding hydrogens is 244 g/mol. The molecule has 0 heterocycles. The average molecular weight is 267 g/mol. The Morgan fingerprint density at radius 1 is 1.19 bits per heavy atom. The summed E-state index contributed by atoms with van der Waals surface area (Å²) in [6, 6.07) is 1.44. The van der Waals surface area contributed by atoms with E-state index in [1.807, 2.05) is 0 Å². The zero-order valence-electron chi connectivity index (χ0n) is 11.1. The Morgan fingerprint density at radius 2 is 1.81 bits per heavy atom. The summed E-state index contributed by atoms with van der Waals surface area (Å²) in [4.78, 5) is 0. The minimum atomic E-state index is -0.935. The van der Waals surface area contributed by atoms with Gasteiger partial charge in [-0.1, -0.05) is 64.2 Å². The number of allylic oxidation sites excluding steroid dienone is 4. The zero-order valence-corrected chi connectivity index (χ0v) is 13.7. The van der Waals surface area contributed by atoms with Crippen LogP contribution in [0.5, 0.6) is 0 Å². The van der Waals surface area contributed by atoms with E-state index in [0.717, 1.165) is 5.92 Å². The second-order valence-corrected chi connectivity index (χ2v) is 11.9. The molecule has 0 N–H and O–H groups in total. The zero-order chi connectivity index (χ0) is 11.1. The smallest absolute Gasteiger partial charge is 0.0436 e. The molecule has 16 heavy (non-hydrogen) atoms. The third-order valence-corrected chi connectivity index (χ3v) is 5.25. The monoisotopic (exact) mass is 267 g/mol. The van der Waals surface area contributed by atoms with Crippen molar-refractivity contribution >= 4 is 8.07 Å². The molecule has 0 bridgehead atoms. The predicted molar refractivity (Wildman–Crippen MR) is 69.6 cm³/mol. The molecule has 1 unspecified atom stereocenters. The van der Waals surface area contributed by atoms with E-state index in [1.54, 1.807) is 11.1 Å². The van der Waals surface area contributed by atoms with E-state index in [1.165, 1.54) is 37.3 Å². The van der Waals surface area contributed by atoms with Gasteiger partial charge in [0.1, 0.15) is 0 Å². The first-order valence-corrected chi connectivity index (χ1v) is 10.0. The van der Waals surface area contributed by atoms with Gasteiger partial charge in [0.2, 0.25) is 0 Å². The predicted octanol–water partition coefficient (Wildman–Crippen LogP) is 4.57. The molecule has 0 nitrogen and oxygen atoms in total. The van der Waals surface area contributed by atoms with Crippen molar-refractivity contribution < 1.29 is 21.7 Å². The van der Waals surface area contributed by atoms with E-state index in [9.17, 15) is 0 Å². The summed E-state index contributed by atoms with van der Waals surface area (Å²) in [5.41, 5.74) is 4.88. The summed E-state index contributed by atoms with van der Waals surface area (Å²) in [5.74, 6) is 0.784. The van der Waals surface area contributed by atoms with Gasteiger partial charge >= 0.3 is 0 Å². The second kappa shape index (κ2) is 5.37. The summed E-state index contributed by atoms with van der Waals surface area (Å²) in [6.45, 7) is 9.76. The van der Waals surface area contributed by atoms with Crippen LogP contribution in [0.2, 0.25) is 25.7 Å². The molecule has 0 spiro atoms. The van der Waals surface area contributed by atoms with Crippen LogP contribution in [0, 0.1) is 12.0 Å². The molecule has 0 aromatic carbocycles. The first-order chi connectivity index (χ1) is 6.97. The molecule has 2 aliphatic carbocycles. The van der Waals surface area contributed by atoms with Gasteiger partial charge in [-0.3, -0.25) is 0 Å².